The molecule has 0 saturated heterocycles. The van der Waals surface area contributed by atoms with E-state index in [2.05, 4.69) is 15.4 Å². The van der Waals surface area contributed by atoms with Crippen LogP contribution in [0.1, 0.15) is 16.1 Å². The molecule has 4 aromatic rings. The van der Waals surface area contributed by atoms with E-state index in [-0.39, 0.29) is 5.91 Å². The summed E-state index contributed by atoms with van der Waals surface area (Å²) in [6.45, 7) is 1.90. The van der Waals surface area contributed by atoms with E-state index in [9.17, 15) is 4.79 Å². The Bertz CT molecular complexity index is 1070. The Labute approximate surface area is 159 Å². The minimum absolute atomic E-state index is 0.164. The molecule has 0 aliphatic rings. The second-order valence-corrected chi connectivity index (χ2v) is 7.62. The number of nitrogens with zero attached hydrogens (tertiary/aromatic N) is 3. The molecular formula is C19H16N4OS2. The molecule has 0 bridgehead atoms. The number of para-hydroxylation sites is 1. The molecule has 0 atom stereocenters. The maximum Gasteiger partial charge on any atom is 0.256 e. The molecular weight excluding hydrogens is 364 g/mol. The lowest BCUT2D eigenvalue weighted by atomic mass is 10.2. The van der Waals surface area contributed by atoms with Crippen LogP contribution in [0.5, 0.6) is 0 Å². The summed E-state index contributed by atoms with van der Waals surface area (Å²) in [6.07, 6.45) is 1.99. The largest absolute Gasteiger partial charge is 0.306 e. The summed E-state index contributed by atoms with van der Waals surface area (Å²) >= 11 is 3.15. The van der Waals surface area contributed by atoms with E-state index in [4.69, 9.17) is 0 Å². The molecule has 0 spiro atoms. The van der Waals surface area contributed by atoms with E-state index in [1.165, 1.54) is 0 Å². The first-order chi connectivity index (χ1) is 12.6. The molecule has 0 fully saturated rings. The molecule has 5 nitrogen and oxygen atoms in total. The Morgan fingerprint density at radius 2 is 2.00 bits per heavy atom. The predicted octanol–water partition coefficient (Wildman–Crippen LogP) is 4.76. The zero-order valence-electron chi connectivity index (χ0n) is 14.3. The fraction of sp³-hybridized carbons (Fsp3) is 0.105. The van der Waals surface area contributed by atoms with Gasteiger partial charge in [0.2, 0.25) is 5.13 Å². The summed E-state index contributed by atoms with van der Waals surface area (Å²) in [5.41, 5.74) is 2.36. The van der Waals surface area contributed by atoms with Crippen molar-refractivity contribution in [1.29, 1.82) is 0 Å². The number of hydrogen-bond acceptors (Lipinski definition) is 5. The highest BCUT2D eigenvalue weighted by Gasteiger charge is 2.15. The number of amides is 1. The molecule has 0 saturated carbocycles. The molecule has 0 radical (unpaired) electrons. The highest BCUT2D eigenvalue weighted by Crippen LogP contribution is 2.27. The molecule has 0 aliphatic heterocycles. The first-order valence-corrected chi connectivity index (χ1v) is 10.1. The fourth-order valence-corrected chi connectivity index (χ4v) is 4.03. The summed E-state index contributed by atoms with van der Waals surface area (Å²) < 4.78 is 2.77. The summed E-state index contributed by atoms with van der Waals surface area (Å²) in [4.78, 5) is 18.3. The number of hydrogen-bond donors (Lipinski definition) is 1. The molecule has 0 aliphatic carbocycles. The van der Waals surface area contributed by atoms with Gasteiger partial charge in [0.1, 0.15) is 5.82 Å². The molecule has 26 heavy (non-hydrogen) atoms. The molecule has 1 N–H and O–H groups in total. The van der Waals surface area contributed by atoms with E-state index in [1.54, 1.807) is 33.8 Å². The number of carbonyl (C=O) groups is 1. The summed E-state index contributed by atoms with van der Waals surface area (Å²) in [7, 11) is 0. The number of carbonyl (C=O) groups excluding carboxylic acids is 1. The Balaban J connectivity index is 1.68. The van der Waals surface area contributed by atoms with E-state index >= 15 is 0 Å². The Morgan fingerprint density at radius 3 is 2.81 bits per heavy atom. The van der Waals surface area contributed by atoms with Crippen LogP contribution in [0.4, 0.5) is 5.82 Å². The highest BCUT2D eigenvalue weighted by atomic mass is 32.2. The number of rotatable bonds is 4. The predicted molar refractivity (Wildman–Crippen MR) is 108 cm³/mol. The van der Waals surface area contributed by atoms with Crippen LogP contribution in [0.3, 0.4) is 0 Å². The third-order valence-corrected chi connectivity index (χ3v) is 5.61. The van der Waals surface area contributed by atoms with E-state index in [1.807, 2.05) is 61.7 Å². The van der Waals surface area contributed by atoms with Gasteiger partial charge in [-0.3, -0.25) is 4.79 Å². The second kappa shape index (κ2) is 6.93. The first-order valence-electron chi connectivity index (χ1n) is 8.02. The Morgan fingerprint density at radius 1 is 1.15 bits per heavy atom. The van der Waals surface area contributed by atoms with Gasteiger partial charge < -0.3 is 5.32 Å². The van der Waals surface area contributed by atoms with Crippen LogP contribution in [0.15, 0.2) is 59.5 Å². The highest BCUT2D eigenvalue weighted by molar-refractivity contribution is 7.98. The van der Waals surface area contributed by atoms with Gasteiger partial charge >= 0.3 is 0 Å². The van der Waals surface area contributed by atoms with Gasteiger partial charge in [-0.1, -0.05) is 29.5 Å². The third-order valence-electron chi connectivity index (χ3n) is 3.87. The van der Waals surface area contributed by atoms with Crippen molar-refractivity contribution in [3.63, 3.8) is 0 Å². The van der Waals surface area contributed by atoms with Crippen LogP contribution in [-0.4, -0.2) is 26.9 Å². The molecule has 7 heteroatoms. The number of nitrogens with one attached hydrogen (secondary N) is 1. The maximum absolute atomic E-state index is 12.7. The van der Waals surface area contributed by atoms with Crippen LogP contribution in [0, 0.1) is 6.92 Å². The first kappa shape index (κ1) is 16.8. The molecule has 4 rings (SSSR count). The van der Waals surface area contributed by atoms with Crippen molar-refractivity contribution in [2.24, 2.45) is 0 Å². The third kappa shape index (κ3) is 3.23. The van der Waals surface area contributed by atoms with Crippen molar-refractivity contribution in [2.75, 3.05) is 11.6 Å². The van der Waals surface area contributed by atoms with Gasteiger partial charge in [0, 0.05) is 16.5 Å². The number of thioether (sulfide) groups is 1. The second-order valence-electron chi connectivity index (χ2n) is 5.73. The molecule has 2 aromatic carbocycles. The molecule has 1 amide bonds. The van der Waals surface area contributed by atoms with Crippen molar-refractivity contribution in [3.8, 4) is 5.13 Å². The molecule has 2 aromatic heterocycles. The molecule has 2 heterocycles. The van der Waals surface area contributed by atoms with Crippen molar-refractivity contribution >= 4 is 45.0 Å². The number of benzene rings is 2. The quantitative estimate of drug-likeness (QED) is 0.518. The zero-order valence-corrected chi connectivity index (χ0v) is 15.9. The summed E-state index contributed by atoms with van der Waals surface area (Å²) in [5, 5.41) is 8.19. The van der Waals surface area contributed by atoms with Crippen LogP contribution in [0.25, 0.3) is 15.3 Å². The minimum atomic E-state index is -0.164. The number of aryl methyl sites for hydroxylation is 1. The Kier molecular flexibility index (Phi) is 4.48. The van der Waals surface area contributed by atoms with Crippen molar-refractivity contribution in [3.05, 3.63) is 65.9 Å². The zero-order chi connectivity index (χ0) is 18.1. The summed E-state index contributed by atoms with van der Waals surface area (Å²) in [6, 6.07) is 17.3. The van der Waals surface area contributed by atoms with Gasteiger partial charge in [0.15, 0.2) is 0 Å². The van der Waals surface area contributed by atoms with Gasteiger partial charge in [-0.25, -0.2) is 4.98 Å². The van der Waals surface area contributed by atoms with Gasteiger partial charge in [-0.2, -0.15) is 9.78 Å². The average molecular weight is 380 g/mol. The van der Waals surface area contributed by atoms with Gasteiger partial charge in [0.25, 0.3) is 5.91 Å². The molecule has 130 valence electrons. The monoisotopic (exact) mass is 380 g/mol. The van der Waals surface area contributed by atoms with Gasteiger partial charge in [0.05, 0.1) is 15.9 Å². The van der Waals surface area contributed by atoms with Crippen LogP contribution < -0.4 is 5.32 Å². The van der Waals surface area contributed by atoms with Crippen molar-refractivity contribution < 1.29 is 4.79 Å². The van der Waals surface area contributed by atoms with Crippen LogP contribution >= 0.6 is 23.1 Å². The fourth-order valence-electron chi connectivity index (χ4n) is 2.64. The maximum atomic E-state index is 12.7. The molecule has 0 unspecified atom stereocenters. The number of anilines is 1. The lowest BCUT2D eigenvalue weighted by Gasteiger charge is -2.07. The SMILES string of the molecule is CSc1cccc(C(=O)Nc2cc(C)nn2-c2nc3ccccc3s2)c1. The van der Waals surface area contributed by atoms with Crippen LogP contribution in [-0.2, 0) is 0 Å². The minimum Gasteiger partial charge on any atom is -0.306 e. The number of thiazole rings is 1. The van der Waals surface area contributed by atoms with Crippen molar-refractivity contribution in [1.82, 2.24) is 14.8 Å². The van der Waals surface area contributed by atoms with Gasteiger partial charge in [-0.15, -0.1) is 11.8 Å². The normalized spacial score (nSPS) is 11.0. The number of aromatic nitrogens is 3. The van der Waals surface area contributed by atoms with E-state index in [0.717, 1.165) is 25.9 Å². The lowest BCUT2D eigenvalue weighted by Crippen LogP contribution is -2.15. The van der Waals surface area contributed by atoms with E-state index < -0.39 is 0 Å². The lowest BCUT2D eigenvalue weighted by molar-refractivity contribution is 0.102. The standard InChI is InChI=1S/C19H16N4OS2/c1-12-10-17(21-18(24)13-6-5-7-14(11-13)25-2)23(22-12)19-20-15-8-3-4-9-16(15)26-19/h3-11H,1-2H3,(H,21,24). The summed E-state index contributed by atoms with van der Waals surface area (Å²) in [5.74, 6) is 0.448. The topological polar surface area (TPSA) is 59.8 Å². The Hall–Kier alpha value is -2.64. The van der Waals surface area contributed by atoms with E-state index in [0.29, 0.717) is 11.4 Å². The number of fused-ring (bicyclic) bond motifs is 1. The average Bonchev–Trinajstić information content (AvgIpc) is 3.24. The van der Waals surface area contributed by atoms with Gasteiger partial charge in [-0.05, 0) is 43.5 Å². The van der Waals surface area contributed by atoms with Crippen molar-refractivity contribution in [2.45, 2.75) is 11.8 Å². The smallest absolute Gasteiger partial charge is 0.256 e. The van der Waals surface area contributed by atoms with Crippen LogP contribution in [0.2, 0.25) is 0 Å².